The average Bonchev–Trinajstić information content (AvgIpc) is 2.20. The molecule has 0 unspecified atom stereocenters. The van der Waals surface area contributed by atoms with Crippen molar-refractivity contribution in [2.45, 2.75) is 26.8 Å². The maximum Gasteiger partial charge on any atom is 0.152 e. The third-order valence-corrected chi connectivity index (χ3v) is 2.63. The van der Waals surface area contributed by atoms with Crippen LogP contribution in [0.15, 0.2) is 18.2 Å². The monoisotopic (exact) mass is 225 g/mol. The molecule has 3 heteroatoms. The fourth-order valence-electron chi connectivity index (χ4n) is 1.69. The van der Waals surface area contributed by atoms with Gasteiger partial charge in [-0.3, -0.25) is 4.79 Å². The minimum absolute atomic E-state index is 0.370. The van der Waals surface area contributed by atoms with Crippen molar-refractivity contribution in [3.8, 4) is 0 Å². The zero-order valence-electron chi connectivity index (χ0n) is 9.33. The number of hydrogen-bond donors (Lipinski definition) is 0. The van der Waals surface area contributed by atoms with Crippen LogP contribution in [-0.4, -0.2) is 18.9 Å². The van der Waals surface area contributed by atoms with Gasteiger partial charge < -0.3 is 4.90 Å². The molecule has 1 aromatic rings. The van der Waals surface area contributed by atoms with Gasteiger partial charge in [-0.1, -0.05) is 11.6 Å². The van der Waals surface area contributed by atoms with Crippen molar-refractivity contribution in [1.29, 1.82) is 0 Å². The van der Waals surface area contributed by atoms with Crippen LogP contribution in [0.3, 0.4) is 0 Å². The molecular formula is C12H16ClNO. The van der Waals surface area contributed by atoms with Crippen LogP contribution < -0.4 is 4.90 Å². The molecule has 0 fully saturated rings. The summed E-state index contributed by atoms with van der Waals surface area (Å²) < 4.78 is 0. The van der Waals surface area contributed by atoms with Crippen LogP contribution in [0, 0.1) is 0 Å². The highest BCUT2D eigenvalue weighted by Crippen LogP contribution is 2.24. The van der Waals surface area contributed by atoms with Crippen LogP contribution >= 0.6 is 11.6 Å². The fourth-order valence-corrected chi connectivity index (χ4v) is 1.88. The Morgan fingerprint density at radius 3 is 2.60 bits per heavy atom. The van der Waals surface area contributed by atoms with Gasteiger partial charge in [0.1, 0.15) is 0 Å². The van der Waals surface area contributed by atoms with E-state index in [-0.39, 0.29) is 0 Å². The zero-order valence-corrected chi connectivity index (χ0v) is 10.1. The molecule has 0 aromatic heterocycles. The van der Waals surface area contributed by atoms with Gasteiger partial charge in [0.05, 0.1) is 0 Å². The molecule has 0 amide bonds. The van der Waals surface area contributed by atoms with Crippen molar-refractivity contribution in [3.05, 3.63) is 28.8 Å². The van der Waals surface area contributed by atoms with Gasteiger partial charge in [-0.2, -0.15) is 0 Å². The maximum absolute atomic E-state index is 10.9. The molecule has 0 saturated carbocycles. The van der Waals surface area contributed by atoms with Crippen LogP contribution in [0.2, 0.25) is 5.02 Å². The van der Waals surface area contributed by atoms with E-state index in [4.69, 9.17) is 11.6 Å². The van der Waals surface area contributed by atoms with Gasteiger partial charge >= 0.3 is 0 Å². The molecule has 0 bridgehead atoms. The van der Waals surface area contributed by atoms with Gasteiger partial charge in [-0.05, 0) is 39.0 Å². The Balaban J connectivity index is 3.16. The average molecular weight is 226 g/mol. The lowest BCUT2D eigenvalue weighted by Gasteiger charge is -2.28. The van der Waals surface area contributed by atoms with E-state index in [2.05, 4.69) is 25.7 Å². The summed E-state index contributed by atoms with van der Waals surface area (Å²) in [6.45, 7) is 7.16. The van der Waals surface area contributed by atoms with Gasteiger partial charge in [0.15, 0.2) is 6.29 Å². The summed E-state index contributed by atoms with van der Waals surface area (Å²) in [5.41, 5.74) is 1.60. The molecule has 0 N–H and O–H groups in total. The molecule has 0 heterocycles. The number of carbonyl (C=O) groups is 1. The largest absolute Gasteiger partial charge is 0.369 e. The zero-order chi connectivity index (χ0) is 11.4. The molecule has 0 aliphatic heterocycles. The van der Waals surface area contributed by atoms with E-state index >= 15 is 0 Å². The molecule has 1 rings (SSSR count). The van der Waals surface area contributed by atoms with Crippen molar-refractivity contribution in [3.63, 3.8) is 0 Å². The number of carbonyl (C=O) groups excluding carboxylic acids is 1. The third kappa shape index (κ3) is 2.72. The first-order valence-corrected chi connectivity index (χ1v) is 5.49. The standard InChI is InChI=1S/C12H16ClNO/c1-4-14(9(2)3)12-6-5-11(13)7-10(12)8-15/h5-9H,4H2,1-3H3. The first-order valence-electron chi connectivity index (χ1n) is 5.11. The number of benzene rings is 1. The lowest BCUT2D eigenvalue weighted by Crippen LogP contribution is -2.31. The highest BCUT2D eigenvalue weighted by atomic mass is 35.5. The molecule has 15 heavy (non-hydrogen) atoms. The van der Waals surface area contributed by atoms with Crippen molar-refractivity contribution < 1.29 is 4.79 Å². The van der Waals surface area contributed by atoms with E-state index in [1.807, 2.05) is 12.1 Å². The summed E-state index contributed by atoms with van der Waals surface area (Å²) in [7, 11) is 0. The third-order valence-electron chi connectivity index (χ3n) is 2.39. The second kappa shape index (κ2) is 5.17. The predicted octanol–water partition coefficient (Wildman–Crippen LogP) is 3.39. The second-order valence-corrected chi connectivity index (χ2v) is 4.14. The number of rotatable bonds is 4. The second-order valence-electron chi connectivity index (χ2n) is 3.70. The predicted molar refractivity (Wildman–Crippen MR) is 65.0 cm³/mol. The van der Waals surface area contributed by atoms with E-state index < -0.39 is 0 Å². The Hall–Kier alpha value is -1.02. The number of nitrogens with zero attached hydrogens (tertiary/aromatic N) is 1. The minimum atomic E-state index is 0.370. The van der Waals surface area contributed by atoms with Gasteiger partial charge in [-0.25, -0.2) is 0 Å². The Bertz CT molecular complexity index is 349. The summed E-state index contributed by atoms with van der Waals surface area (Å²) in [5, 5.41) is 0.598. The van der Waals surface area contributed by atoms with E-state index in [9.17, 15) is 4.79 Å². The Morgan fingerprint density at radius 2 is 2.13 bits per heavy atom. The molecule has 0 aliphatic rings. The molecular weight excluding hydrogens is 210 g/mol. The smallest absolute Gasteiger partial charge is 0.152 e. The summed E-state index contributed by atoms with van der Waals surface area (Å²) in [6, 6.07) is 5.79. The Kier molecular flexibility index (Phi) is 4.15. The van der Waals surface area contributed by atoms with Crippen LogP contribution in [0.1, 0.15) is 31.1 Å². The first-order chi connectivity index (χ1) is 7.10. The SMILES string of the molecule is CCN(c1ccc(Cl)cc1C=O)C(C)C. The molecule has 0 radical (unpaired) electrons. The number of aldehydes is 1. The van der Waals surface area contributed by atoms with Crippen molar-refractivity contribution in [1.82, 2.24) is 0 Å². The van der Waals surface area contributed by atoms with E-state index in [1.165, 1.54) is 0 Å². The molecule has 0 spiro atoms. The molecule has 2 nitrogen and oxygen atoms in total. The van der Waals surface area contributed by atoms with Gasteiger partial charge in [-0.15, -0.1) is 0 Å². The summed E-state index contributed by atoms with van der Waals surface area (Å²) in [6.07, 6.45) is 0.853. The number of hydrogen-bond acceptors (Lipinski definition) is 2. The lowest BCUT2D eigenvalue weighted by molar-refractivity contribution is 0.112. The molecule has 1 aromatic carbocycles. The number of anilines is 1. The quantitative estimate of drug-likeness (QED) is 0.733. The van der Waals surface area contributed by atoms with Gasteiger partial charge in [0, 0.05) is 28.9 Å². The topological polar surface area (TPSA) is 20.3 Å². The molecule has 0 saturated heterocycles. The van der Waals surface area contributed by atoms with Crippen LogP contribution in [0.5, 0.6) is 0 Å². The minimum Gasteiger partial charge on any atom is -0.369 e. The Morgan fingerprint density at radius 1 is 1.47 bits per heavy atom. The molecule has 0 atom stereocenters. The highest BCUT2D eigenvalue weighted by Gasteiger charge is 2.12. The van der Waals surface area contributed by atoms with Crippen LogP contribution in [0.25, 0.3) is 0 Å². The van der Waals surface area contributed by atoms with Crippen molar-refractivity contribution in [2.75, 3.05) is 11.4 Å². The molecule has 82 valence electrons. The summed E-state index contributed by atoms with van der Waals surface area (Å²) in [5.74, 6) is 0. The highest BCUT2D eigenvalue weighted by molar-refractivity contribution is 6.31. The summed E-state index contributed by atoms with van der Waals surface area (Å²) in [4.78, 5) is 13.1. The van der Waals surface area contributed by atoms with Crippen molar-refractivity contribution in [2.24, 2.45) is 0 Å². The lowest BCUT2D eigenvalue weighted by atomic mass is 10.1. The summed E-state index contributed by atoms with van der Waals surface area (Å²) >= 11 is 5.85. The van der Waals surface area contributed by atoms with Crippen LogP contribution in [0.4, 0.5) is 5.69 Å². The van der Waals surface area contributed by atoms with Crippen LogP contribution in [-0.2, 0) is 0 Å². The van der Waals surface area contributed by atoms with E-state index in [0.717, 1.165) is 18.5 Å². The normalized spacial score (nSPS) is 10.5. The van der Waals surface area contributed by atoms with Gasteiger partial charge in [0.2, 0.25) is 0 Å². The van der Waals surface area contributed by atoms with E-state index in [0.29, 0.717) is 16.6 Å². The molecule has 0 aliphatic carbocycles. The number of halogens is 1. The Labute approximate surface area is 95.8 Å². The first kappa shape index (κ1) is 12.1. The maximum atomic E-state index is 10.9. The van der Waals surface area contributed by atoms with Crippen molar-refractivity contribution >= 4 is 23.6 Å². The van der Waals surface area contributed by atoms with Gasteiger partial charge in [0.25, 0.3) is 0 Å². The van der Waals surface area contributed by atoms with E-state index in [1.54, 1.807) is 6.07 Å². The fraction of sp³-hybridized carbons (Fsp3) is 0.417.